The normalized spacial score (nSPS) is 18.5. The van der Waals surface area contributed by atoms with Crippen LogP contribution in [0.15, 0.2) is 47.6 Å². The second kappa shape index (κ2) is 10.2. The smallest absolute Gasteiger partial charge is 0.191 e. The average Bonchev–Trinajstić information content (AvgIpc) is 2.83. The monoisotopic (exact) mass is 441 g/mol. The lowest BCUT2D eigenvalue weighted by molar-refractivity contribution is 0.270. The molecule has 7 nitrogen and oxygen atoms in total. The van der Waals surface area contributed by atoms with E-state index in [1.54, 1.807) is 0 Å². The van der Waals surface area contributed by atoms with Gasteiger partial charge in [-0.3, -0.25) is 0 Å². The molecule has 0 radical (unpaired) electrons. The van der Waals surface area contributed by atoms with E-state index in [1.807, 2.05) is 18.3 Å². The molecule has 0 unspecified atom stereocenters. The predicted molar refractivity (Wildman–Crippen MR) is 129 cm³/mol. The summed E-state index contributed by atoms with van der Waals surface area (Å²) in [6.45, 7) is 11.7. The van der Waals surface area contributed by atoms with Crippen molar-refractivity contribution in [1.29, 1.82) is 0 Å². The molecule has 3 heterocycles. The largest absolute Gasteiger partial charge is 0.370 e. The van der Waals surface area contributed by atoms with Crippen LogP contribution in [0.2, 0.25) is 5.02 Å². The molecule has 0 saturated carbocycles. The van der Waals surface area contributed by atoms with Crippen LogP contribution in [0.4, 0.5) is 11.5 Å². The van der Waals surface area contributed by atoms with Crippen LogP contribution in [0.1, 0.15) is 12.5 Å². The summed E-state index contributed by atoms with van der Waals surface area (Å²) >= 11 is 5.99. The number of nitrogens with zero attached hydrogens (tertiary/aromatic N) is 6. The third-order valence-electron chi connectivity index (χ3n) is 6.17. The van der Waals surface area contributed by atoms with Crippen LogP contribution in [0.5, 0.6) is 0 Å². The number of aliphatic imine (C=N–C) groups is 1. The molecular formula is C23H32ClN7. The zero-order chi connectivity index (χ0) is 21.6. The molecule has 8 heteroatoms. The highest BCUT2D eigenvalue weighted by molar-refractivity contribution is 6.30. The number of nitrogens with two attached hydrogens (primary N) is 1. The van der Waals surface area contributed by atoms with E-state index < -0.39 is 0 Å². The predicted octanol–water partition coefficient (Wildman–Crippen LogP) is 2.51. The van der Waals surface area contributed by atoms with Gasteiger partial charge in [-0.1, -0.05) is 24.6 Å². The van der Waals surface area contributed by atoms with Gasteiger partial charge in [-0.2, -0.15) is 0 Å². The lowest BCUT2D eigenvalue weighted by Gasteiger charge is -2.36. The van der Waals surface area contributed by atoms with E-state index in [0.717, 1.165) is 75.3 Å². The molecule has 2 fully saturated rings. The lowest BCUT2D eigenvalue weighted by atomic mass is 10.2. The molecule has 0 bridgehead atoms. The van der Waals surface area contributed by atoms with Crippen molar-refractivity contribution >= 4 is 29.1 Å². The van der Waals surface area contributed by atoms with E-state index in [0.29, 0.717) is 12.5 Å². The van der Waals surface area contributed by atoms with Gasteiger partial charge in [-0.15, -0.1) is 0 Å². The molecule has 2 aliphatic rings. The Balaban J connectivity index is 1.26. The van der Waals surface area contributed by atoms with Gasteiger partial charge in [0, 0.05) is 69.3 Å². The quantitative estimate of drug-likeness (QED) is 0.568. The van der Waals surface area contributed by atoms with Crippen molar-refractivity contribution in [2.45, 2.75) is 13.5 Å². The van der Waals surface area contributed by atoms with Crippen molar-refractivity contribution in [2.24, 2.45) is 10.7 Å². The number of halogens is 1. The number of pyridine rings is 1. The zero-order valence-corrected chi connectivity index (χ0v) is 19.0. The molecule has 166 valence electrons. The highest BCUT2D eigenvalue weighted by Crippen LogP contribution is 2.19. The SMILES string of the molecule is CCN1CCN(c2ccc(CN=C(N)N3CCN(c4ccc(Cl)cc4)CC3)cn2)CC1. The maximum atomic E-state index is 6.28. The molecule has 2 aromatic rings. The molecule has 0 atom stereocenters. The van der Waals surface area contributed by atoms with E-state index in [2.05, 4.69) is 60.8 Å². The molecule has 1 aromatic heterocycles. The van der Waals surface area contributed by atoms with Gasteiger partial charge in [0.1, 0.15) is 5.82 Å². The molecular weight excluding hydrogens is 410 g/mol. The van der Waals surface area contributed by atoms with Crippen LogP contribution in [0.3, 0.4) is 0 Å². The number of aromatic nitrogens is 1. The number of anilines is 2. The summed E-state index contributed by atoms with van der Waals surface area (Å²) in [5, 5.41) is 0.764. The van der Waals surface area contributed by atoms with E-state index in [1.165, 1.54) is 5.69 Å². The maximum Gasteiger partial charge on any atom is 0.191 e. The number of hydrogen-bond donors (Lipinski definition) is 1. The molecule has 1 aromatic carbocycles. The van der Waals surface area contributed by atoms with Crippen LogP contribution in [-0.2, 0) is 6.54 Å². The van der Waals surface area contributed by atoms with E-state index in [-0.39, 0.29) is 0 Å². The van der Waals surface area contributed by atoms with Crippen molar-refractivity contribution in [3.05, 3.63) is 53.2 Å². The summed E-state index contributed by atoms with van der Waals surface area (Å²) in [4.78, 5) is 18.6. The first-order valence-electron chi connectivity index (χ1n) is 11.1. The first kappa shape index (κ1) is 21.7. The molecule has 0 amide bonds. The number of guanidine groups is 1. The minimum Gasteiger partial charge on any atom is -0.370 e. The Morgan fingerprint density at radius 3 is 2.23 bits per heavy atom. The summed E-state index contributed by atoms with van der Waals surface area (Å²) in [7, 11) is 0. The fraction of sp³-hybridized carbons (Fsp3) is 0.478. The van der Waals surface area contributed by atoms with Crippen molar-refractivity contribution < 1.29 is 0 Å². The lowest BCUT2D eigenvalue weighted by Crippen LogP contribution is -2.51. The number of rotatable bonds is 5. The van der Waals surface area contributed by atoms with Crippen LogP contribution >= 0.6 is 11.6 Å². The minimum atomic E-state index is 0.556. The third kappa shape index (κ3) is 5.60. The second-order valence-electron chi connectivity index (χ2n) is 8.07. The summed E-state index contributed by atoms with van der Waals surface area (Å²) in [5.74, 6) is 1.66. The Kier molecular flexibility index (Phi) is 7.14. The average molecular weight is 442 g/mol. The zero-order valence-electron chi connectivity index (χ0n) is 18.3. The number of hydrogen-bond acceptors (Lipinski definition) is 5. The van der Waals surface area contributed by atoms with Crippen molar-refractivity contribution in [1.82, 2.24) is 14.8 Å². The van der Waals surface area contributed by atoms with Crippen molar-refractivity contribution in [2.75, 3.05) is 68.7 Å². The molecule has 2 N–H and O–H groups in total. The number of piperazine rings is 2. The maximum absolute atomic E-state index is 6.28. The van der Waals surface area contributed by atoms with Gasteiger partial charge >= 0.3 is 0 Å². The standard InChI is InChI=1S/C23H32ClN7/c1-2-28-9-11-30(12-10-28)22-8-3-19(17-26-22)18-27-23(25)31-15-13-29(14-16-31)21-6-4-20(24)5-7-21/h3-8,17H,2,9-16,18H2,1H3,(H2,25,27). The van der Waals surface area contributed by atoms with Crippen molar-refractivity contribution in [3.8, 4) is 0 Å². The van der Waals surface area contributed by atoms with Gasteiger partial charge in [0.2, 0.25) is 0 Å². The topological polar surface area (TPSA) is 64.2 Å². The van der Waals surface area contributed by atoms with E-state index >= 15 is 0 Å². The Bertz CT molecular complexity index is 852. The van der Waals surface area contributed by atoms with Gasteiger partial charge in [-0.25, -0.2) is 9.98 Å². The van der Waals surface area contributed by atoms with Crippen molar-refractivity contribution in [3.63, 3.8) is 0 Å². The van der Waals surface area contributed by atoms with Gasteiger partial charge in [0.05, 0.1) is 6.54 Å². The summed E-state index contributed by atoms with van der Waals surface area (Å²) in [5.41, 5.74) is 8.56. The van der Waals surface area contributed by atoms with Crippen LogP contribution < -0.4 is 15.5 Å². The first-order chi connectivity index (χ1) is 15.1. The minimum absolute atomic E-state index is 0.556. The Hall–Kier alpha value is -2.51. The van der Waals surface area contributed by atoms with Gasteiger partial charge in [0.15, 0.2) is 5.96 Å². The third-order valence-corrected chi connectivity index (χ3v) is 6.42. The van der Waals surface area contributed by atoms with E-state index in [4.69, 9.17) is 17.3 Å². The molecule has 0 spiro atoms. The Labute approximate surface area is 190 Å². The summed E-state index contributed by atoms with van der Waals surface area (Å²) < 4.78 is 0. The first-order valence-corrected chi connectivity index (χ1v) is 11.5. The number of benzene rings is 1. The Morgan fingerprint density at radius 1 is 0.935 bits per heavy atom. The van der Waals surface area contributed by atoms with Gasteiger partial charge < -0.3 is 25.3 Å². The second-order valence-corrected chi connectivity index (χ2v) is 8.51. The van der Waals surface area contributed by atoms with Crippen LogP contribution in [0, 0.1) is 0 Å². The molecule has 0 aliphatic carbocycles. The van der Waals surface area contributed by atoms with Crippen LogP contribution in [0.25, 0.3) is 0 Å². The Morgan fingerprint density at radius 2 is 1.61 bits per heavy atom. The highest BCUT2D eigenvalue weighted by atomic mass is 35.5. The highest BCUT2D eigenvalue weighted by Gasteiger charge is 2.19. The molecule has 2 saturated heterocycles. The van der Waals surface area contributed by atoms with Gasteiger partial charge in [0.25, 0.3) is 0 Å². The van der Waals surface area contributed by atoms with Gasteiger partial charge in [-0.05, 0) is 42.4 Å². The van der Waals surface area contributed by atoms with Crippen LogP contribution in [-0.4, -0.2) is 79.6 Å². The summed E-state index contributed by atoms with van der Waals surface area (Å²) in [6, 6.07) is 12.2. The summed E-state index contributed by atoms with van der Waals surface area (Å²) in [6.07, 6.45) is 1.93. The number of likely N-dealkylation sites (N-methyl/N-ethyl adjacent to an activating group) is 1. The molecule has 2 aliphatic heterocycles. The fourth-order valence-corrected chi connectivity index (χ4v) is 4.23. The molecule has 4 rings (SSSR count). The van der Waals surface area contributed by atoms with E-state index in [9.17, 15) is 0 Å². The molecule has 31 heavy (non-hydrogen) atoms. The fourth-order valence-electron chi connectivity index (χ4n) is 4.11.